The lowest BCUT2D eigenvalue weighted by molar-refractivity contribution is 0.0936. The van der Waals surface area contributed by atoms with Crippen molar-refractivity contribution in [2.24, 2.45) is 0 Å². The van der Waals surface area contributed by atoms with Crippen LogP contribution in [0.5, 0.6) is 5.75 Å². The Morgan fingerprint density at radius 1 is 1.53 bits per heavy atom. The lowest BCUT2D eigenvalue weighted by atomic mass is 10.1. The number of benzene rings is 1. The van der Waals surface area contributed by atoms with E-state index >= 15 is 0 Å². The van der Waals surface area contributed by atoms with Gasteiger partial charge in [0.05, 0.1) is 5.56 Å². The van der Waals surface area contributed by atoms with Crippen LogP contribution in [0.1, 0.15) is 23.2 Å². The van der Waals surface area contributed by atoms with Crippen LogP contribution < -0.4 is 5.32 Å². The predicted octanol–water partition coefficient (Wildman–Crippen LogP) is 2.78. The fourth-order valence-corrected chi connectivity index (χ4v) is 3.24. The molecule has 1 aliphatic rings. The number of hydrogen-bond donors (Lipinski definition) is 2. The minimum absolute atomic E-state index is 0.0224. The van der Waals surface area contributed by atoms with E-state index in [9.17, 15) is 9.90 Å². The van der Waals surface area contributed by atoms with E-state index in [2.05, 4.69) is 21.2 Å². The fourth-order valence-electron chi connectivity index (χ4n) is 1.81. The van der Waals surface area contributed by atoms with E-state index in [1.54, 1.807) is 12.1 Å². The maximum atomic E-state index is 12.0. The second kappa shape index (κ2) is 5.78. The summed E-state index contributed by atoms with van der Waals surface area (Å²) >= 11 is 5.16. The van der Waals surface area contributed by atoms with Gasteiger partial charge in [0.25, 0.3) is 5.91 Å². The quantitative estimate of drug-likeness (QED) is 0.882. The van der Waals surface area contributed by atoms with Crippen LogP contribution in [0.4, 0.5) is 0 Å². The first kappa shape index (κ1) is 12.8. The monoisotopic (exact) mass is 315 g/mol. The molecular formula is C12H14BrNO2S. The number of phenols is 1. The molecule has 0 spiro atoms. The number of hydrogen-bond acceptors (Lipinski definition) is 3. The zero-order valence-electron chi connectivity index (χ0n) is 9.28. The van der Waals surface area contributed by atoms with E-state index < -0.39 is 0 Å². The fraction of sp³-hybridized carbons (Fsp3) is 0.417. The molecule has 2 N–H and O–H groups in total. The van der Waals surface area contributed by atoms with Crippen molar-refractivity contribution in [2.75, 3.05) is 11.5 Å². The molecule has 0 radical (unpaired) electrons. The number of halogens is 1. The highest BCUT2D eigenvalue weighted by Gasteiger charge is 2.18. The van der Waals surface area contributed by atoms with Crippen LogP contribution in [-0.2, 0) is 0 Å². The molecule has 1 saturated heterocycles. The number of thioether (sulfide) groups is 1. The average Bonchev–Trinajstić information content (AvgIpc) is 2.33. The summed E-state index contributed by atoms with van der Waals surface area (Å²) in [5.41, 5.74) is 0.329. The first-order valence-corrected chi connectivity index (χ1v) is 7.48. The first-order valence-electron chi connectivity index (χ1n) is 5.54. The number of aromatic hydroxyl groups is 1. The topological polar surface area (TPSA) is 49.3 Å². The largest absolute Gasteiger partial charge is 0.507 e. The summed E-state index contributed by atoms with van der Waals surface area (Å²) in [6.45, 7) is 0. The number of amides is 1. The number of phenolic OH excluding ortho intramolecular Hbond substituents is 1. The van der Waals surface area contributed by atoms with Crippen molar-refractivity contribution < 1.29 is 9.90 Å². The summed E-state index contributed by atoms with van der Waals surface area (Å²) < 4.78 is 0.790. The van der Waals surface area contributed by atoms with Crippen molar-refractivity contribution >= 4 is 33.6 Å². The third-order valence-corrected chi connectivity index (χ3v) is 4.41. The molecule has 1 aromatic carbocycles. The van der Waals surface area contributed by atoms with Crippen molar-refractivity contribution in [3.63, 3.8) is 0 Å². The maximum Gasteiger partial charge on any atom is 0.255 e. The second-order valence-electron chi connectivity index (χ2n) is 4.05. The molecule has 1 heterocycles. The highest BCUT2D eigenvalue weighted by atomic mass is 79.9. The maximum absolute atomic E-state index is 12.0. The molecule has 2 rings (SSSR count). The van der Waals surface area contributed by atoms with Gasteiger partial charge in [-0.15, -0.1) is 0 Å². The number of nitrogens with one attached hydrogen (secondary N) is 1. The van der Waals surface area contributed by atoms with Crippen molar-refractivity contribution in [2.45, 2.75) is 18.9 Å². The van der Waals surface area contributed by atoms with Crippen LogP contribution in [0.25, 0.3) is 0 Å². The zero-order chi connectivity index (χ0) is 12.3. The van der Waals surface area contributed by atoms with Gasteiger partial charge < -0.3 is 10.4 Å². The van der Waals surface area contributed by atoms with Gasteiger partial charge in [0.1, 0.15) is 5.75 Å². The molecule has 5 heteroatoms. The van der Waals surface area contributed by atoms with E-state index in [1.165, 1.54) is 11.8 Å². The zero-order valence-corrected chi connectivity index (χ0v) is 11.7. The Kier molecular flexibility index (Phi) is 4.34. The molecule has 0 bridgehead atoms. The molecule has 17 heavy (non-hydrogen) atoms. The number of rotatable bonds is 2. The van der Waals surface area contributed by atoms with Gasteiger partial charge in [0.2, 0.25) is 0 Å². The van der Waals surface area contributed by atoms with Gasteiger partial charge in [0.15, 0.2) is 0 Å². The van der Waals surface area contributed by atoms with Crippen LogP contribution >= 0.6 is 27.7 Å². The number of carbonyl (C=O) groups excluding carboxylic acids is 1. The van der Waals surface area contributed by atoms with Crippen LogP contribution in [-0.4, -0.2) is 28.6 Å². The van der Waals surface area contributed by atoms with E-state index in [1.807, 2.05) is 11.8 Å². The molecule has 0 saturated carbocycles. The Hall–Kier alpha value is -0.680. The Balaban J connectivity index is 2.05. The van der Waals surface area contributed by atoms with Gasteiger partial charge in [-0.3, -0.25) is 4.79 Å². The van der Waals surface area contributed by atoms with Crippen molar-refractivity contribution in [1.29, 1.82) is 0 Å². The summed E-state index contributed by atoms with van der Waals surface area (Å²) in [7, 11) is 0. The number of carbonyl (C=O) groups is 1. The molecule has 1 unspecified atom stereocenters. The van der Waals surface area contributed by atoms with Crippen LogP contribution in [0.15, 0.2) is 22.7 Å². The van der Waals surface area contributed by atoms with Gasteiger partial charge in [-0.2, -0.15) is 11.8 Å². The average molecular weight is 316 g/mol. The van der Waals surface area contributed by atoms with Crippen molar-refractivity contribution in [1.82, 2.24) is 5.32 Å². The Morgan fingerprint density at radius 3 is 3.06 bits per heavy atom. The Bertz CT molecular complexity index is 419. The molecule has 0 aromatic heterocycles. The lowest BCUT2D eigenvalue weighted by Crippen LogP contribution is -2.38. The second-order valence-corrected chi connectivity index (χ2v) is 6.11. The molecule has 1 aliphatic heterocycles. The highest BCUT2D eigenvalue weighted by Crippen LogP contribution is 2.23. The molecule has 3 nitrogen and oxygen atoms in total. The molecule has 1 atom stereocenters. The standard InChI is InChI=1S/C12H14BrNO2S/c13-8-3-4-11(15)10(6-8)12(16)14-9-2-1-5-17-7-9/h3-4,6,9,15H,1-2,5,7H2,(H,14,16). The summed E-state index contributed by atoms with van der Waals surface area (Å²) in [4.78, 5) is 12.0. The van der Waals surface area contributed by atoms with Crippen molar-refractivity contribution in [3.05, 3.63) is 28.2 Å². The molecule has 1 fully saturated rings. The van der Waals surface area contributed by atoms with E-state index in [-0.39, 0.29) is 17.7 Å². The molecule has 1 amide bonds. The van der Waals surface area contributed by atoms with Crippen LogP contribution in [0.3, 0.4) is 0 Å². The van der Waals surface area contributed by atoms with Crippen LogP contribution in [0, 0.1) is 0 Å². The summed E-state index contributed by atoms with van der Waals surface area (Å²) in [6.07, 6.45) is 2.16. The van der Waals surface area contributed by atoms with E-state index in [0.717, 1.165) is 23.1 Å². The lowest BCUT2D eigenvalue weighted by Gasteiger charge is -2.22. The summed E-state index contributed by atoms with van der Waals surface area (Å²) in [5, 5.41) is 12.6. The highest BCUT2D eigenvalue weighted by molar-refractivity contribution is 9.10. The minimum Gasteiger partial charge on any atom is -0.507 e. The SMILES string of the molecule is O=C(NC1CCCSC1)c1cc(Br)ccc1O. The van der Waals surface area contributed by atoms with E-state index in [0.29, 0.717) is 5.56 Å². The predicted molar refractivity (Wildman–Crippen MR) is 73.6 cm³/mol. The van der Waals surface area contributed by atoms with E-state index in [4.69, 9.17) is 0 Å². The summed E-state index contributed by atoms with van der Waals surface area (Å²) in [5.74, 6) is 1.96. The normalized spacial score (nSPS) is 19.9. The third kappa shape index (κ3) is 3.39. The molecule has 1 aromatic rings. The first-order chi connectivity index (χ1) is 8.16. The third-order valence-electron chi connectivity index (χ3n) is 2.70. The molecular weight excluding hydrogens is 302 g/mol. The summed E-state index contributed by atoms with van der Waals surface area (Å²) in [6, 6.07) is 5.09. The molecule has 0 aliphatic carbocycles. The molecule has 92 valence electrons. The van der Waals surface area contributed by atoms with Gasteiger partial charge in [-0.05, 0) is 36.8 Å². The smallest absolute Gasteiger partial charge is 0.255 e. The van der Waals surface area contributed by atoms with Crippen molar-refractivity contribution in [3.8, 4) is 5.75 Å². The Labute approximate surface area is 113 Å². The van der Waals surface area contributed by atoms with Gasteiger partial charge in [0, 0.05) is 16.3 Å². The Morgan fingerprint density at radius 2 is 2.35 bits per heavy atom. The van der Waals surface area contributed by atoms with Gasteiger partial charge >= 0.3 is 0 Å². The van der Waals surface area contributed by atoms with Crippen LogP contribution in [0.2, 0.25) is 0 Å². The minimum atomic E-state index is -0.198. The van der Waals surface area contributed by atoms with Gasteiger partial charge in [-0.1, -0.05) is 15.9 Å². The van der Waals surface area contributed by atoms with Gasteiger partial charge in [-0.25, -0.2) is 0 Å².